The maximum Gasteiger partial charge on any atom is 0.259 e. The Balaban J connectivity index is 2.51. The van der Waals surface area contributed by atoms with Crippen LogP contribution < -0.4 is 15.0 Å². The SMILES string of the molecule is C/C=C/c1cccc2c3cc(OC)c(OC)cc3c(=O)n(CCCC)c12. The Labute approximate surface area is 153 Å². The monoisotopic (exact) mass is 351 g/mol. The van der Waals surface area contributed by atoms with Crippen molar-refractivity contribution in [1.29, 1.82) is 0 Å². The lowest BCUT2D eigenvalue weighted by molar-refractivity contribution is 0.356. The molecule has 4 nitrogen and oxygen atoms in total. The second-order valence-corrected chi connectivity index (χ2v) is 6.31. The normalized spacial score (nSPS) is 11.5. The van der Waals surface area contributed by atoms with E-state index in [1.54, 1.807) is 20.3 Å². The second-order valence-electron chi connectivity index (χ2n) is 6.31. The van der Waals surface area contributed by atoms with Gasteiger partial charge in [-0.3, -0.25) is 4.79 Å². The average molecular weight is 351 g/mol. The van der Waals surface area contributed by atoms with Crippen LogP contribution in [0.4, 0.5) is 0 Å². The highest BCUT2D eigenvalue weighted by atomic mass is 16.5. The fourth-order valence-corrected chi connectivity index (χ4v) is 3.45. The largest absolute Gasteiger partial charge is 0.493 e. The van der Waals surface area contributed by atoms with Gasteiger partial charge in [-0.15, -0.1) is 0 Å². The molecular formula is C22H25NO3. The molecule has 2 aromatic carbocycles. The molecule has 0 aliphatic heterocycles. The maximum atomic E-state index is 13.3. The summed E-state index contributed by atoms with van der Waals surface area (Å²) in [4.78, 5) is 13.3. The van der Waals surface area contributed by atoms with Crippen LogP contribution >= 0.6 is 0 Å². The fraction of sp³-hybridized carbons (Fsp3) is 0.318. The molecule has 4 heteroatoms. The van der Waals surface area contributed by atoms with Crippen LogP contribution in [-0.4, -0.2) is 18.8 Å². The van der Waals surface area contributed by atoms with Gasteiger partial charge in [0.1, 0.15) is 0 Å². The van der Waals surface area contributed by atoms with Crippen molar-refractivity contribution in [2.45, 2.75) is 33.2 Å². The highest BCUT2D eigenvalue weighted by Gasteiger charge is 2.16. The van der Waals surface area contributed by atoms with Crippen molar-refractivity contribution in [3.8, 4) is 11.5 Å². The van der Waals surface area contributed by atoms with Crippen LogP contribution in [0.15, 0.2) is 41.2 Å². The van der Waals surface area contributed by atoms with E-state index in [4.69, 9.17) is 9.47 Å². The summed E-state index contributed by atoms with van der Waals surface area (Å²) in [5, 5.41) is 2.60. The van der Waals surface area contributed by atoms with Crippen molar-refractivity contribution in [3.05, 3.63) is 52.3 Å². The standard InChI is InChI=1S/C22H25NO3/c1-5-7-12-23-21-15(9-6-2)10-8-11-16(21)17-13-19(25-3)20(26-4)14-18(17)22(23)24/h6,8-11,13-14H,5,7,12H2,1-4H3/b9-6+. The molecule has 0 bridgehead atoms. The van der Waals surface area contributed by atoms with E-state index in [9.17, 15) is 4.79 Å². The predicted octanol–water partition coefficient (Wildman–Crippen LogP) is 5.01. The van der Waals surface area contributed by atoms with E-state index in [2.05, 4.69) is 25.1 Å². The molecule has 0 unspecified atom stereocenters. The summed E-state index contributed by atoms with van der Waals surface area (Å²) in [5.74, 6) is 1.20. The van der Waals surface area contributed by atoms with E-state index in [-0.39, 0.29) is 5.56 Å². The van der Waals surface area contributed by atoms with Gasteiger partial charge in [0.15, 0.2) is 11.5 Å². The third-order valence-corrected chi connectivity index (χ3v) is 4.71. The number of ether oxygens (including phenoxy) is 2. The summed E-state index contributed by atoms with van der Waals surface area (Å²) >= 11 is 0. The lowest BCUT2D eigenvalue weighted by Crippen LogP contribution is -2.21. The van der Waals surface area contributed by atoms with Gasteiger partial charge in [-0.05, 0) is 31.0 Å². The topological polar surface area (TPSA) is 40.5 Å². The van der Waals surface area contributed by atoms with Crippen molar-refractivity contribution < 1.29 is 9.47 Å². The van der Waals surface area contributed by atoms with Gasteiger partial charge in [0.05, 0.1) is 25.1 Å². The molecule has 0 saturated carbocycles. The van der Waals surface area contributed by atoms with Gasteiger partial charge in [-0.2, -0.15) is 0 Å². The van der Waals surface area contributed by atoms with Gasteiger partial charge in [-0.1, -0.05) is 43.7 Å². The number of para-hydroxylation sites is 1. The van der Waals surface area contributed by atoms with Crippen molar-refractivity contribution in [1.82, 2.24) is 4.57 Å². The van der Waals surface area contributed by atoms with E-state index < -0.39 is 0 Å². The number of methoxy groups -OCH3 is 2. The van der Waals surface area contributed by atoms with Gasteiger partial charge < -0.3 is 14.0 Å². The Kier molecular flexibility index (Phi) is 5.31. The average Bonchev–Trinajstić information content (AvgIpc) is 2.67. The maximum absolute atomic E-state index is 13.3. The zero-order valence-corrected chi connectivity index (χ0v) is 15.8. The van der Waals surface area contributed by atoms with E-state index in [0.717, 1.165) is 34.7 Å². The van der Waals surface area contributed by atoms with Crippen LogP contribution in [0, 0.1) is 0 Å². The van der Waals surface area contributed by atoms with E-state index in [1.807, 2.05) is 29.7 Å². The first-order valence-electron chi connectivity index (χ1n) is 9.00. The minimum absolute atomic E-state index is 0.0128. The molecule has 0 spiro atoms. The van der Waals surface area contributed by atoms with Crippen LogP contribution in [0.2, 0.25) is 0 Å². The second kappa shape index (κ2) is 7.65. The highest BCUT2D eigenvalue weighted by molar-refractivity contribution is 6.08. The zero-order chi connectivity index (χ0) is 18.7. The number of aryl methyl sites for hydroxylation is 1. The minimum Gasteiger partial charge on any atom is -0.493 e. The Morgan fingerprint density at radius 3 is 2.35 bits per heavy atom. The van der Waals surface area contributed by atoms with E-state index in [1.165, 1.54) is 0 Å². The van der Waals surface area contributed by atoms with Gasteiger partial charge in [0, 0.05) is 17.3 Å². The number of fused-ring (bicyclic) bond motifs is 3. The van der Waals surface area contributed by atoms with Crippen molar-refractivity contribution in [3.63, 3.8) is 0 Å². The van der Waals surface area contributed by atoms with Crippen LogP contribution in [0.3, 0.4) is 0 Å². The van der Waals surface area contributed by atoms with Crippen molar-refractivity contribution >= 4 is 27.8 Å². The molecule has 3 aromatic rings. The van der Waals surface area contributed by atoms with Crippen LogP contribution in [0.1, 0.15) is 32.3 Å². The van der Waals surface area contributed by atoms with Crippen LogP contribution in [-0.2, 0) is 6.54 Å². The first kappa shape index (κ1) is 18.1. The molecule has 0 N–H and O–H groups in total. The number of benzene rings is 2. The number of allylic oxidation sites excluding steroid dienone is 1. The van der Waals surface area contributed by atoms with Crippen LogP contribution in [0.25, 0.3) is 27.8 Å². The Hall–Kier alpha value is -2.75. The van der Waals surface area contributed by atoms with Crippen molar-refractivity contribution in [2.75, 3.05) is 14.2 Å². The molecule has 0 atom stereocenters. The van der Waals surface area contributed by atoms with Crippen LogP contribution in [0.5, 0.6) is 11.5 Å². The molecule has 1 heterocycles. The molecule has 136 valence electrons. The van der Waals surface area contributed by atoms with Gasteiger partial charge >= 0.3 is 0 Å². The molecule has 0 aliphatic rings. The number of aromatic nitrogens is 1. The highest BCUT2D eigenvalue weighted by Crippen LogP contribution is 2.35. The Morgan fingerprint density at radius 1 is 1.04 bits per heavy atom. The molecular weight excluding hydrogens is 326 g/mol. The summed E-state index contributed by atoms with van der Waals surface area (Å²) in [6.45, 7) is 4.82. The first-order chi connectivity index (χ1) is 12.7. The molecule has 0 aliphatic carbocycles. The molecule has 0 radical (unpaired) electrons. The molecule has 0 amide bonds. The third-order valence-electron chi connectivity index (χ3n) is 4.71. The lowest BCUT2D eigenvalue weighted by atomic mass is 10.0. The zero-order valence-electron chi connectivity index (χ0n) is 15.8. The molecule has 26 heavy (non-hydrogen) atoms. The third kappa shape index (κ3) is 2.96. The number of rotatable bonds is 6. The number of hydrogen-bond acceptors (Lipinski definition) is 3. The summed E-state index contributed by atoms with van der Waals surface area (Å²) in [7, 11) is 3.20. The summed E-state index contributed by atoms with van der Waals surface area (Å²) < 4.78 is 12.8. The van der Waals surface area contributed by atoms with E-state index >= 15 is 0 Å². The lowest BCUT2D eigenvalue weighted by Gasteiger charge is -2.17. The first-order valence-corrected chi connectivity index (χ1v) is 9.00. The number of hydrogen-bond donors (Lipinski definition) is 0. The Bertz CT molecular complexity index is 1030. The Morgan fingerprint density at radius 2 is 1.73 bits per heavy atom. The molecule has 0 saturated heterocycles. The number of unbranched alkanes of at least 4 members (excludes halogenated alkanes) is 1. The summed E-state index contributed by atoms with van der Waals surface area (Å²) in [6.07, 6.45) is 6.04. The molecule has 3 rings (SSSR count). The van der Waals surface area contributed by atoms with Gasteiger partial charge in [0.25, 0.3) is 5.56 Å². The van der Waals surface area contributed by atoms with Crippen molar-refractivity contribution in [2.24, 2.45) is 0 Å². The number of nitrogens with zero attached hydrogens (tertiary/aromatic N) is 1. The fourth-order valence-electron chi connectivity index (χ4n) is 3.45. The smallest absolute Gasteiger partial charge is 0.259 e. The predicted molar refractivity (Wildman–Crippen MR) is 108 cm³/mol. The van der Waals surface area contributed by atoms with Gasteiger partial charge in [-0.25, -0.2) is 0 Å². The minimum atomic E-state index is 0.0128. The van der Waals surface area contributed by atoms with Gasteiger partial charge in [0.2, 0.25) is 0 Å². The molecule has 0 fully saturated rings. The van der Waals surface area contributed by atoms with E-state index in [0.29, 0.717) is 23.4 Å². The summed E-state index contributed by atoms with van der Waals surface area (Å²) in [6, 6.07) is 9.85. The molecule has 1 aromatic heterocycles. The number of pyridine rings is 1. The quantitative estimate of drug-likeness (QED) is 0.587. The summed E-state index contributed by atoms with van der Waals surface area (Å²) in [5.41, 5.74) is 2.04.